The molecule has 0 saturated carbocycles. The molecule has 0 unspecified atom stereocenters. The number of rotatable bonds is 10. The highest BCUT2D eigenvalue weighted by Gasteiger charge is 2.28. The predicted octanol–water partition coefficient (Wildman–Crippen LogP) is 5.41. The monoisotopic (exact) mass is 546 g/mol. The highest BCUT2D eigenvalue weighted by atomic mass is 35.5. The van der Waals surface area contributed by atoms with E-state index in [0.29, 0.717) is 10.7 Å². The Morgan fingerprint density at radius 1 is 1.06 bits per heavy atom. The summed E-state index contributed by atoms with van der Waals surface area (Å²) >= 11 is 12.1. The van der Waals surface area contributed by atoms with Crippen molar-refractivity contribution in [3.8, 4) is 0 Å². The van der Waals surface area contributed by atoms with Crippen LogP contribution in [0, 0.1) is 0 Å². The molecule has 0 heterocycles. The fourth-order valence-electron chi connectivity index (χ4n) is 3.34. The Morgan fingerprint density at radius 2 is 1.72 bits per heavy atom. The van der Waals surface area contributed by atoms with Crippen molar-refractivity contribution in [3.05, 3.63) is 107 Å². The minimum Gasteiger partial charge on any atom is -0.452 e. The molecule has 0 aromatic heterocycles. The second-order valence-corrected chi connectivity index (χ2v) is 10.4. The first-order valence-corrected chi connectivity index (χ1v) is 13.0. The van der Waals surface area contributed by atoms with E-state index in [1.54, 1.807) is 31.2 Å². The number of hydrogen-bond donors (Lipinski definition) is 1. The number of nitrogens with one attached hydrogen (secondary N) is 1. The van der Waals surface area contributed by atoms with Crippen molar-refractivity contribution in [2.24, 2.45) is 0 Å². The van der Waals surface area contributed by atoms with Gasteiger partial charge in [-0.05, 0) is 55.0 Å². The first kappa shape index (κ1) is 27.3. The molecule has 0 aliphatic rings. The molecule has 0 fully saturated rings. The third-order valence-electron chi connectivity index (χ3n) is 5.16. The van der Waals surface area contributed by atoms with Gasteiger partial charge in [-0.25, -0.2) is 13.2 Å². The molecule has 3 aromatic rings. The van der Waals surface area contributed by atoms with E-state index in [1.165, 1.54) is 18.2 Å². The van der Waals surface area contributed by atoms with Crippen LogP contribution in [0.25, 0.3) is 0 Å². The van der Waals surface area contributed by atoms with Crippen LogP contribution in [0.5, 0.6) is 0 Å². The maximum absolute atomic E-state index is 13.5. The molecule has 0 bridgehead atoms. The fraction of sp³-hybridized carbons (Fsp3) is 0.154. The number of sulfonamides is 1. The molecular formula is C26H24Cl2N2O5S. The number of halogens is 2. The lowest BCUT2D eigenvalue weighted by Crippen LogP contribution is -2.32. The normalized spacial score (nSPS) is 11.9. The van der Waals surface area contributed by atoms with Gasteiger partial charge in [-0.1, -0.05) is 59.6 Å². The van der Waals surface area contributed by atoms with E-state index in [4.69, 9.17) is 27.9 Å². The molecule has 1 amide bonds. The summed E-state index contributed by atoms with van der Waals surface area (Å²) in [7, 11) is -4.19. The van der Waals surface area contributed by atoms with Crippen molar-refractivity contribution >= 4 is 50.8 Å². The van der Waals surface area contributed by atoms with Crippen molar-refractivity contribution < 1.29 is 22.7 Å². The van der Waals surface area contributed by atoms with Gasteiger partial charge in [-0.15, -0.1) is 6.58 Å². The number of ether oxygens (including phenoxy) is 1. The summed E-state index contributed by atoms with van der Waals surface area (Å²) in [5.41, 5.74) is 1.17. The van der Waals surface area contributed by atoms with Crippen LogP contribution in [0.15, 0.2) is 90.3 Å². The molecule has 10 heteroatoms. The van der Waals surface area contributed by atoms with Gasteiger partial charge in [0.05, 0.1) is 28.9 Å². The zero-order valence-electron chi connectivity index (χ0n) is 19.4. The largest absolute Gasteiger partial charge is 0.452 e. The van der Waals surface area contributed by atoms with Crippen LogP contribution in [0.1, 0.15) is 28.9 Å². The number of nitrogens with zero attached hydrogens (tertiary/aromatic N) is 1. The van der Waals surface area contributed by atoms with Gasteiger partial charge in [0, 0.05) is 5.02 Å². The summed E-state index contributed by atoms with van der Waals surface area (Å²) in [5.74, 6) is -1.37. The number of esters is 1. The van der Waals surface area contributed by atoms with Gasteiger partial charge in [0.2, 0.25) is 0 Å². The minimum absolute atomic E-state index is 0.0469. The molecule has 36 heavy (non-hydrogen) atoms. The van der Waals surface area contributed by atoms with Gasteiger partial charge < -0.3 is 10.1 Å². The van der Waals surface area contributed by atoms with E-state index in [0.717, 1.165) is 15.9 Å². The van der Waals surface area contributed by atoms with Gasteiger partial charge in [0.1, 0.15) is 4.90 Å². The highest BCUT2D eigenvalue weighted by molar-refractivity contribution is 7.93. The van der Waals surface area contributed by atoms with E-state index in [9.17, 15) is 18.0 Å². The minimum atomic E-state index is -4.19. The van der Waals surface area contributed by atoms with E-state index in [2.05, 4.69) is 11.9 Å². The van der Waals surface area contributed by atoms with Crippen LogP contribution in [-0.4, -0.2) is 33.4 Å². The molecule has 1 atom stereocenters. The van der Waals surface area contributed by atoms with Crippen molar-refractivity contribution in [2.75, 3.05) is 17.5 Å². The van der Waals surface area contributed by atoms with E-state index in [1.807, 2.05) is 30.3 Å². The number of benzene rings is 3. The highest BCUT2D eigenvalue weighted by Crippen LogP contribution is 2.30. The third-order valence-corrected chi connectivity index (χ3v) is 7.68. The van der Waals surface area contributed by atoms with Crippen molar-refractivity contribution in [1.29, 1.82) is 0 Å². The molecule has 188 valence electrons. The molecule has 1 N–H and O–H groups in total. The smallest absolute Gasteiger partial charge is 0.338 e. The van der Waals surface area contributed by atoms with E-state index >= 15 is 0 Å². The van der Waals surface area contributed by atoms with Gasteiger partial charge >= 0.3 is 5.97 Å². The predicted molar refractivity (Wildman–Crippen MR) is 141 cm³/mol. The maximum Gasteiger partial charge on any atom is 0.338 e. The molecule has 3 rings (SSSR count). The Hall–Kier alpha value is -3.33. The molecule has 0 aliphatic heterocycles. The van der Waals surface area contributed by atoms with Gasteiger partial charge in [-0.3, -0.25) is 9.10 Å². The third kappa shape index (κ3) is 6.66. The fourth-order valence-corrected chi connectivity index (χ4v) is 5.40. The van der Waals surface area contributed by atoms with Crippen molar-refractivity contribution in [1.82, 2.24) is 5.32 Å². The van der Waals surface area contributed by atoms with Gasteiger partial charge in [0.15, 0.2) is 6.61 Å². The second kappa shape index (κ2) is 12.1. The van der Waals surface area contributed by atoms with Crippen molar-refractivity contribution in [3.63, 3.8) is 0 Å². The Kier molecular flexibility index (Phi) is 9.14. The Labute approximate surface area is 220 Å². The lowest BCUT2D eigenvalue weighted by molar-refractivity contribution is -0.124. The molecule has 0 saturated heterocycles. The van der Waals surface area contributed by atoms with Crippen LogP contribution in [-0.2, 0) is 19.6 Å². The average molecular weight is 547 g/mol. The Morgan fingerprint density at radius 3 is 2.36 bits per heavy atom. The van der Waals surface area contributed by atoms with Crippen LogP contribution in [0.3, 0.4) is 0 Å². The summed E-state index contributed by atoms with van der Waals surface area (Å²) in [6.45, 7) is 4.85. The summed E-state index contributed by atoms with van der Waals surface area (Å²) in [6, 6.07) is 19.0. The average Bonchev–Trinajstić information content (AvgIpc) is 2.87. The lowest BCUT2D eigenvalue weighted by Gasteiger charge is -2.24. The molecule has 0 aliphatic carbocycles. The van der Waals surface area contributed by atoms with Crippen LogP contribution < -0.4 is 9.62 Å². The van der Waals surface area contributed by atoms with Crippen LogP contribution >= 0.6 is 23.2 Å². The van der Waals surface area contributed by atoms with Gasteiger partial charge in [0.25, 0.3) is 15.9 Å². The Bertz CT molecular complexity index is 1350. The zero-order chi connectivity index (χ0) is 26.3. The topological polar surface area (TPSA) is 92.8 Å². The van der Waals surface area contributed by atoms with E-state index < -0.39 is 28.5 Å². The molecule has 0 spiro atoms. The maximum atomic E-state index is 13.5. The number of hydrogen-bond acceptors (Lipinski definition) is 5. The molecule has 3 aromatic carbocycles. The van der Waals surface area contributed by atoms with Crippen LogP contribution in [0.4, 0.5) is 5.69 Å². The summed E-state index contributed by atoms with van der Waals surface area (Å²) in [4.78, 5) is 24.6. The lowest BCUT2D eigenvalue weighted by atomic mass is 10.1. The number of carbonyl (C=O) groups is 2. The quantitative estimate of drug-likeness (QED) is 0.271. The van der Waals surface area contributed by atoms with Crippen LogP contribution in [0.2, 0.25) is 10.0 Å². The standard InChI is InChI=1S/C26H24Cl2N2O5S/c1-3-15-30(22-12-10-21(27)11-13-22)36(33,34)24-16-20(9-14-23(24)28)26(32)35-17-25(31)29-18(2)19-7-5-4-6-8-19/h3-14,16,18H,1,15,17H2,2H3,(H,29,31)/t18-/m1/s1. The Balaban J connectivity index is 1.76. The van der Waals surface area contributed by atoms with Gasteiger partial charge in [-0.2, -0.15) is 0 Å². The number of anilines is 1. The summed E-state index contributed by atoms with van der Waals surface area (Å²) in [5, 5.41) is 3.10. The molecular weight excluding hydrogens is 523 g/mol. The molecule has 7 nitrogen and oxygen atoms in total. The number of amides is 1. The number of carbonyl (C=O) groups excluding carboxylic acids is 2. The van der Waals surface area contributed by atoms with Crippen molar-refractivity contribution in [2.45, 2.75) is 17.9 Å². The first-order valence-electron chi connectivity index (χ1n) is 10.8. The van der Waals surface area contributed by atoms with E-state index in [-0.39, 0.29) is 28.1 Å². The first-order chi connectivity index (χ1) is 17.1. The summed E-state index contributed by atoms with van der Waals surface area (Å²) < 4.78 is 33.1. The molecule has 0 radical (unpaired) electrons. The summed E-state index contributed by atoms with van der Waals surface area (Å²) in [6.07, 6.45) is 1.42. The SMILES string of the molecule is C=CCN(c1ccc(Cl)cc1)S(=O)(=O)c1cc(C(=O)OCC(=O)N[C@H](C)c2ccccc2)ccc1Cl. The second-order valence-electron chi connectivity index (χ2n) is 7.72. The zero-order valence-corrected chi connectivity index (χ0v) is 21.7.